The van der Waals surface area contributed by atoms with Crippen molar-refractivity contribution in [3.05, 3.63) is 65.7 Å². The van der Waals surface area contributed by atoms with Crippen LogP contribution >= 0.6 is 0 Å². The predicted octanol–water partition coefficient (Wildman–Crippen LogP) is 3.45. The molecule has 2 aliphatic heterocycles. The Bertz CT molecular complexity index is 881. The van der Waals surface area contributed by atoms with Crippen LogP contribution in [0.25, 0.3) is 0 Å². The normalized spacial score (nSPS) is 25.7. The summed E-state index contributed by atoms with van der Waals surface area (Å²) in [7, 11) is 0. The van der Waals surface area contributed by atoms with E-state index in [1.54, 1.807) is 4.90 Å². The van der Waals surface area contributed by atoms with E-state index in [4.69, 9.17) is 4.74 Å². The smallest absolute Gasteiger partial charge is 0.312 e. The first-order valence-electron chi connectivity index (χ1n) is 9.78. The number of carboxylic acids is 1. The Morgan fingerprint density at radius 1 is 1.11 bits per heavy atom. The van der Waals surface area contributed by atoms with Crippen molar-refractivity contribution in [1.29, 1.82) is 0 Å². The fraction of sp³-hybridized carbons (Fsp3) is 0.391. The van der Waals surface area contributed by atoms with Gasteiger partial charge in [-0.2, -0.15) is 0 Å². The molecule has 5 heteroatoms. The summed E-state index contributed by atoms with van der Waals surface area (Å²) in [5.74, 6) is -0.232. The maximum Gasteiger partial charge on any atom is 0.312 e. The number of ether oxygens (including phenoxy) is 1. The van der Waals surface area contributed by atoms with E-state index in [1.807, 2.05) is 61.5 Å². The molecule has 28 heavy (non-hydrogen) atoms. The Kier molecular flexibility index (Phi) is 4.84. The highest BCUT2D eigenvalue weighted by atomic mass is 16.5. The van der Waals surface area contributed by atoms with Gasteiger partial charge in [0.15, 0.2) is 6.61 Å². The minimum Gasteiger partial charge on any atom is -0.484 e. The third kappa shape index (κ3) is 3.15. The van der Waals surface area contributed by atoms with Gasteiger partial charge in [0.25, 0.3) is 5.91 Å². The highest BCUT2D eigenvalue weighted by Gasteiger charge is 2.61. The minimum atomic E-state index is -0.914. The number of hydrogen-bond donors (Lipinski definition) is 1. The van der Waals surface area contributed by atoms with E-state index in [0.29, 0.717) is 18.6 Å². The number of aryl methyl sites for hydroxylation is 1. The molecule has 4 rings (SSSR count). The van der Waals surface area contributed by atoms with Crippen LogP contribution < -0.4 is 4.74 Å². The number of rotatable bonds is 6. The summed E-state index contributed by atoms with van der Waals surface area (Å²) in [5, 5.41) is 10.1. The molecule has 0 unspecified atom stereocenters. The number of amides is 1. The molecule has 1 amide bonds. The summed E-state index contributed by atoms with van der Waals surface area (Å²) in [5.41, 5.74) is 1.06. The van der Waals surface area contributed by atoms with E-state index in [0.717, 1.165) is 24.0 Å². The van der Waals surface area contributed by atoms with Crippen LogP contribution in [0.5, 0.6) is 5.75 Å². The van der Waals surface area contributed by atoms with Crippen molar-refractivity contribution in [3.63, 3.8) is 0 Å². The van der Waals surface area contributed by atoms with Crippen LogP contribution in [0.4, 0.5) is 0 Å². The van der Waals surface area contributed by atoms with Gasteiger partial charge in [-0.25, -0.2) is 0 Å². The lowest BCUT2D eigenvalue weighted by Crippen LogP contribution is -2.47. The number of aliphatic carboxylic acids is 1. The SMILES string of the molecule is Cc1ccccc1OCC(=O)N1[C@H]2CC[C@@H]1[C@](Cc1ccccc1)(C(=O)O)C2. The van der Waals surface area contributed by atoms with Gasteiger partial charge in [0.2, 0.25) is 0 Å². The largest absolute Gasteiger partial charge is 0.484 e. The zero-order valence-electron chi connectivity index (χ0n) is 16.0. The quantitative estimate of drug-likeness (QED) is 0.835. The van der Waals surface area contributed by atoms with Crippen LogP contribution in [0.15, 0.2) is 54.6 Å². The lowest BCUT2D eigenvalue weighted by molar-refractivity contribution is -0.151. The van der Waals surface area contributed by atoms with Crippen molar-refractivity contribution in [2.75, 3.05) is 6.61 Å². The lowest BCUT2D eigenvalue weighted by Gasteiger charge is -2.33. The van der Waals surface area contributed by atoms with E-state index in [9.17, 15) is 14.7 Å². The topological polar surface area (TPSA) is 66.8 Å². The van der Waals surface area contributed by atoms with Gasteiger partial charge in [0.05, 0.1) is 5.41 Å². The van der Waals surface area contributed by atoms with Crippen LogP contribution in [0, 0.1) is 12.3 Å². The van der Waals surface area contributed by atoms with Gasteiger partial charge in [0, 0.05) is 12.1 Å². The molecule has 0 radical (unpaired) electrons. The van der Waals surface area contributed by atoms with Gasteiger partial charge in [-0.1, -0.05) is 48.5 Å². The first kappa shape index (κ1) is 18.5. The Balaban J connectivity index is 1.52. The second-order valence-electron chi connectivity index (χ2n) is 7.93. The summed E-state index contributed by atoms with van der Waals surface area (Å²) in [6.45, 7) is 1.88. The van der Waals surface area contributed by atoms with Crippen LogP contribution in [0.2, 0.25) is 0 Å². The van der Waals surface area contributed by atoms with Gasteiger partial charge >= 0.3 is 5.97 Å². The molecule has 2 fully saturated rings. The molecule has 5 nitrogen and oxygen atoms in total. The van der Waals surface area contributed by atoms with E-state index in [1.165, 1.54) is 0 Å². The number of nitrogens with zero attached hydrogens (tertiary/aromatic N) is 1. The second-order valence-corrected chi connectivity index (χ2v) is 7.93. The summed E-state index contributed by atoms with van der Waals surface area (Å²) in [6, 6.07) is 17.0. The molecular weight excluding hydrogens is 354 g/mol. The zero-order chi connectivity index (χ0) is 19.7. The van der Waals surface area contributed by atoms with E-state index in [-0.39, 0.29) is 24.6 Å². The van der Waals surface area contributed by atoms with Crippen LogP contribution in [-0.4, -0.2) is 40.6 Å². The van der Waals surface area contributed by atoms with Crippen LogP contribution in [-0.2, 0) is 16.0 Å². The molecule has 2 saturated heterocycles. The highest BCUT2D eigenvalue weighted by molar-refractivity contribution is 5.84. The molecule has 0 aliphatic carbocycles. The summed E-state index contributed by atoms with van der Waals surface area (Å²) >= 11 is 0. The number of carbonyl (C=O) groups excluding carboxylic acids is 1. The van der Waals surface area contributed by atoms with E-state index >= 15 is 0 Å². The van der Waals surface area contributed by atoms with Gasteiger partial charge in [-0.15, -0.1) is 0 Å². The van der Waals surface area contributed by atoms with Gasteiger partial charge in [-0.05, 0) is 49.8 Å². The summed E-state index contributed by atoms with van der Waals surface area (Å²) in [6.07, 6.45) is 2.56. The zero-order valence-corrected chi connectivity index (χ0v) is 16.0. The predicted molar refractivity (Wildman–Crippen MR) is 105 cm³/mol. The molecule has 0 aromatic heterocycles. The molecular formula is C23H25NO4. The first-order valence-corrected chi connectivity index (χ1v) is 9.78. The molecule has 3 atom stereocenters. The Morgan fingerprint density at radius 2 is 1.82 bits per heavy atom. The Hall–Kier alpha value is -2.82. The molecule has 0 spiro atoms. The van der Waals surface area contributed by atoms with Crippen molar-refractivity contribution < 1.29 is 19.4 Å². The third-order valence-electron chi connectivity index (χ3n) is 6.26. The van der Waals surface area contributed by atoms with Gasteiger partial charge in [0.1, 0.15) is 5.75 Å². The molecule has 2 aliphatic rings. The van der Waals surface area contributed by atoms with E-state index < -0.39 is 11.4 Å². The maximum atomic E-state index is 13.0. The average Bonchev–Trinajstić information content (AvgIpc) is 3.24. The number of carboxylic acid groups (broad SMARTS) is 1. The molecule has 146 valence electrons. The average molecular weight is 379 g/mol. The number of fused-ring (bicyclic) bond motifs is 2. The fourth-order valence-electron chi connectivity index (χ4n) is 4.95. The highest BCUT2D eigenvalue weighted by Crippen LogP contribution is 2.51. The molecule has 2 aromatic carbocycles. The monoisotopic (exact) mass is 379 g/mol. The van der Waals surface area contributed by atoms with Crippen molar-refractivity contribution >= 4 is 11.9 Å². The van der Waals surface area contributed by atoms with Crippen LogP contribution in [0.1, 0.15) is 30.4 Å². The van der Waals surface area contributed by atoms with Gasteiger partial charge in [-0.3, -0.25) is 9.59 Å². The van der Waals surface area contributed by atoms with Gasteiger partial charge < -0.3 is 14.7 Å². The Morgan fingerprint density at radius 3 is 2.54 bits per heavy atom. The second kappa shape index (κ2) is 7.30. The van der Waals surface area contributed by atoms with Crippen molar-refractivity contribution in [1.82, 2.24) is 4.90 Å². The first-order chi connectivity index (χ1) is 13.5. The van der Waals surface area contributed by atoms with E-state index in [2.05, 4.69) is 0 Å². The Labute approximate surface area is 164 Å². The summed E-state index contributed by atoms with van der Waals surface area (Å²) in [4.78, 5) is 27.1. The maximum absolute atomic E-state index is 13.0. The number of benzene rings is 2. The number of hydrogen-bond acceptors (Lipinski definition) is 3. The molecule has 0 saturated carbocycles. The molecule has 1 N–H and O–H groups in total. The standard InChI is InChI=1S/C23H25NO4/c1-16-7-5-6-10-19(16)28-15-21(25)24-18-11-12-20(24)23(14-18,22(26)27)13-17-8-3-2-4-9-17/h2-10,18,20H,11-15H2,1H3,(H,26,27)/t18-,20+,23+/m0/s1. The molecule has 2 heterocycles. The molecule has 2 aromatic rings. The van der Waals surface area contributed by atoms with Crippen molar-refractivity contribution in [2.24, 2.45) is 5.41 Å². The van der Waals surface area contributed by atoms with Crippen molar-refractivity contribution in [3.8, 4) is 5.75 Å². The summed E-state index contributed by atoms with van der Waals surface area (Å²) < 4.78 is 5.74. The van der Waals surface area contributed by atoms with Crippen LogP contribution in [0.3, 0.4) is 0 Å². The number of carbonyl (C=O) groups is 2. The minimum absolute atomic E-state index is 0.0159. The fourth-order valence-corrected chi connectivity index (χ4v) is 4.95. The van der Waals surface area contributed by atoms with Crippen molar-refractivity contribution in [2.45, 2.75) is 44.7 Å². The third-order valence-corrected chi connectivity index (χ3v) is 6.26. The number of para-hydroxylation sites is 1. The molecule has 2 bridgehead atoms. The lowest BCUT2D eigenvalue weighted by atomic mass is 9.70.